The minimum absolute atomic E-state index is 0.126. The summed E-state index contributed by atoms with van der Waals surface area (Å²) in [7, 11) is 0. The second-order valence-corrected chi connectivity index (χ2v) is 8.75. The van der Waals surface area contributed by atoms with E-state index in [4.69, 9.17) is 0 Å². The lowest BCUT2D eigenvalue weighted by atomic mass is 10.0. The van der Waals surface area contributed by atoms with Crippen molar-refractivity contribution in [3.63, 3.8) is 0 Å². The topological polar surface area (TPSA) is 75.9 Å². The number of tetrazole rings is 1. The van der Waals surface area contributed by atoms with E-state index in [1.165, 1.54) is 42.4 Å². The molecule has 0 bridgehead atoms. The fourth-order valence-corrected chi connectivity index (χ4v) is 4.82. The second kappa shape index (κ2) is 9.03. The molecule has 7 nitrogen and oxygen atoms in total. The highest BCUT2D eigenvalue weighted by molar-refractivity contribution is 5.82. The maximum Gasteiger partial charge on any atom is 0.237 e. The molecule has 2 atom stereocenters. The van der Waals surface area contributed by atoms with Crippen LogP contribution in [0.3, 0.4) is 0 Å². The molecule has 29 heavy (non-hydrogen) atoms. The average molecular weight is 397 g/mol. The van der Waals surface area contributed by atoms with Crippen LogP contribution in [-0.2, 0) is 11.3 Å². The minimum atomic E-state index is -0.145. The lowest BCUT2D eigenvalue weighted by Crippen LogP contribution is -2.46. The molecule has 1 saturated carbocycles. The van der Waals surface area contributed by atoms with Crippen LogP contribution in [0.25, 0.3) is 0 Å². The van der Waals surface area contributed by atoms with E-state index in [0.29, 0.717) is 6.04 Å². The Kier molecular flexibility index (Phi) is 6.23. The van der Waals surface area contributed by atoms with Gasteiger partial charge in [-0.15, -0.1) is 5.10 Å². The van der Waals surface area contributed by atoms with Gasteiger partial charge in [-0.1, -0.05) is 49.4 Å². The molecule has 1 saturated heterocycles. The van der Waals surface area contributed by atoms with E-state index >= 15 is 0 Å². The Morgan fingerprint density at radius 2 is 1.97 bits per heavy atom. The summed E-state index contributed by atoms with van der Waals surface area (Å²) in [6, 6.07) is 6.85. The van der Waals surface area contributed by atoms with Crippen molar-refractivity contribution >= 4 is 5.91 Å². The van der Waals surface area contributed by atoms with Crippen LogP contribution in [0, 0.1) is 13.8 Å². The molecule has 0 radical (unpaired) electrons. The van der Waals surface area contributed by atoms with Gasteiger partial charge in [-0.2, -0.15) is 0 Å². The van der Waals surface area contributed by atoms with E-state index in [1.807, 2.05) is 0 Å². The van der Waals surface area contributed by atoms with Crippen molar-refractivity contribution in [1.82, 2.24) is 30.4 Å². The van der Waals surface area contributed by atoms with Gasteiger partial charge in [0.15, 0.2) is 0 Å². The molecular formula is C22H32N6O. The Labute approximate surface area is 172 Å². The third-order valence-corrected chi connectivity index (χ3v) is 6.50. The number of carbonyl (C=O) groups excluding carboxylic acids is 1. The van der Waals surface area contributed by atoms with Crippen LogP contribution in [0.15, 0.2) is 24.5 Å². The van der Waals surface area contributed by atoms with Gasteiger partial charge in [-0.25, -0.2) is 4.68 Å². The van der Waals surface area contributed by atoms with Crippen LogP contribution < -0.4 is 5.32 Å². The first-order valence-corrected chi connectivity index (χ1v) is 10.9. The monoisotopic (exact) mass is 396 g/mol. The fraction of sp³-hybridized carbons (Fsp3) is 0.636. The maximum atomic E-state index is 13.3. The molecule has 2 aromatic rings. The van der Waals surface area contributed by atoms with Crippen LogP contribution >= 0.6 is 0 Å². The molecule has 0 spiro atoms. The molecule has 2 fully saturated rings. The average Bonchev–Trinajstić information content (AvgIpc) is 3.30. The molecule has 1 aliphatic heterocycles. The predicted octanol–water partition coefficient (Wildman–Crippen LogP) is 2.94. The number of amides is 1. The quantitative estimate of drug-likeness (QED) is 0.787. The molecule has 1 N–H and O–H groups in total. The summed E-state index contributed by atoms with van der Waals surface area (Å²) in [4.78, 5) is 15.6. The number of benzene rings is 1. The number of hydrogen-bond acceptors (Lipinski definition) is 5. The summed E-state index contributed by atoms with van der Waals surface area (Å²) in [6.45, 7) is 5.82. The van der Waals surface area contributed by atoms with Crippen LogP contribution in [0.5, 0.6) is 0 Å². The number of nitrogens with one attached hydrogen (secondary N) is 1. The highest BCUT2D eigenvalue weighted by Gasteiger charge is 2.38. The van der Waals surface area contributed by atoms with Gasteiger partial charge in [0, 0.05) is 19.1 Å². The summed E-state index contributed by atoms with van der Waals surface area (Å²) < 4.78 is 1.80. The van der Waals surface area contributed by atoms with Gasteiger partial charge < -0.3 is 5.32 Å². The first kappa shape index (κ1) is 20.0. The minimum Gasteiger partial charge on any atom is -0.352 e. The Bertz CT molecular complexity index is 813. The predicted molar refractivity (Wildman–Crippen MR) is 111 cm³/mol. The van der Waals surface area contributed by atoms with Crippen molar-refractivity contribution in [2.75, 3.05) is 6.54 Å². The van der Waals surface area contributed by atoms with Crippen molar-refractivity contribution in [2.45, 2.75) is 83.5 Å². The Balaban J connectivity index is 1.50. The lowest BCUT2D eigenvalue weighted by Gasteiger charge is -2.26. The molecule has 7 heteroatoms. The number of aryl methyl sites for hydroxylation is 2. The Morgan fingerprint density at radius 3 is 2.66 bits per heavy atom. The number of likely N-dealkylation sites (tertiary alicyclic amines) is 1. The molecule has 2 aliphatic rings. The summed E-state index contributed by atoms with van der Waals surface area (Å²) in [6.07, 6.45) is 9.62. The molecule has 2 heterocycles. The highest BCUT2D eigenvalue weighted by Crippen LogP contribution is 2.29. The summed E-state index contributed by atoms with van der Waals surface area (Å²) in [5.41, 5.74) is 3.82. The lowest BCUT2D eigenvalue weighted by molar-refractivity contribution is -0.126. The van der Waals surface area contributed by atoms with Crippen molar-refractivity contribution in [2.24, 2.45) is 0 Å². The number of carbonyl (C=O) groups is 1. The van der Waals surface area contributed by atoms with Crippen LogP contribution in [0.1, 0.15) is 67.7 Å². The smallest absolute Gasteiger partial charge is 0.237 e. The number of hydrogen-bond donors (Lipinski definition) is 1. The first-order chi connectivity index (χ1) is 14.1. The van der Waals surface area contributed by atoms with Gasteiger partial charge in [0.25, 0.3) is 0 Å². The van der Waals surface area contributed by atoms with E-state index in [-0.39, 0.29) is 18.0 Å². The molecule has 0 unspecified atom stereocenters. The summed E-state index contributed by atoms with van der Waals surface area (Å²) in [5.74, 6) is 0.164. The molecule has 1 aliphatic carbocycles. The fourth-order valence-electron chi connectivity index (χ4n) is 4.82. The van der Waals surface area contributed by atoms with E-state index in [0.717, 1.165) is 32.4 Å². The van der Waals surface area contributed by atoms with Crippen molar-refractivity contribution < 1.29 is 4.79 Å². The zero-order valence-corrected chi connectivity index (χ0v) is 17.5. The number of nitrogens with zero attached hydrogens (tertiary/aromatic N) is 5. The standard InChI is InChI=1S/C22H32N6O/c1-16-9-10-18(17(2)11-16)13-27-14-20(28-15-23-25-26-28)12-21(27)22(29)24-19-7-5-3-4-6-8-19/h9-11,15,19-21H,3-8,12-14H2,1-2H3,(H,24,29)/t20-,21+/m1/s1. The largest absolute Gasteiger partial charge is 0.352 e. The van der Waals surface area contributed by atoms with Crippen LogP contribution in [-0.4, -0.2) is 49.6 Å². The maximum absolute atomic E-state index is 13.3. The second-order valence-electron chi connectivity index (χ2n) is 8.75. The zero-order chi connectivity index (χ0) is 20.2. The van der Waals surface area contributed by atoms with Gasteiger partial charge in [0.1, 0.15) is 6.33 Å². The van der Waals surface area contributed by atoms with E-state index in [2.05, 4.69) is 57.8 Å². The zero-order valence-electron chi connectivity index (χ0n) is 17.5. The van der Waals surface area contributed by atoms with E-state index < -0.39 is 0 Å². The van der Waals surface area contributed by atoms with E-state index in [1.54, 1.807) is 11.0 Å². The van der Waals surface area contributed by atoms with Gasteiger partial charge >= 0.3 is 0 Å². The summed E-state index contributed by atoms with van der Waals surface area (Å²) in [5, 5.41) is 15.0. The van der Waals surface area contributed by atoms with Crippen molar-refractivity contribution in [3.8, 4) is 0 Å². The molecule has 1 amide bonds. The third-order valence-electron chi connectivity index (χ3n) is 6.50. The van der Waals surface area contributed by atoms with Crippen molar-refractivity contribution in [3.05, 3.63) is 41.2 Å². The van der Waals surface area contributed by atoms with E-state index in [9.17, 15) is 4.79 Å². The third kappa shape index (κ3) is 4.83. The Hall–Kier alpha value is -2.28. The Morgan fingerprint density at radius 1 is 1.17 bits per heavy atom. The molecule has 1 aromatic heterocycles. The van der Waals surface area contributed by atoms with Crippen LogP contribution in [0.2, 0.25) is 0 Å². The van der Waals surface area contributed by atoms with Gasteiger partial charge in [-0.3, -0.25) is 9.69 Å². The normalized spacial score (nSPS) is 23.8. The molecular weight excluding hydrogens is 364 g/mol. The number of rotatable bonds is 5. The van der Waals surface area contributed by atoms with Gasteiger partial charge in [0.05, 0.1) is 12.1 Å². The molecule has 1 aromatic carbocycles. The summed E-state index contributed by atoms with van der Waals surface area (Å²) >= 11 is 0. The van der Waals surface area contributed by atoms with Gasteiger partial charge in [-0.05, 0) is 54.7 Å². The molecule has 156 valence electrons. The highest BCUT2D eigenvalue weighted by atomic mass is 16.2. The molecule has 4 rings (SSSR count). The SMILES string of the molecule is Cc1ccc(CN2C[C@H](n3cnnn3)C[C@H]2C(=O)NC2CCCCCC2)c(C)c1. The van der Waals surface area contributed by atoms with Gasteiger partial charge in [0.2, 0.25) is 5.91 Å². The van der Waals surface area contributed by atoms with Crippen molar-refractivity contribution in [1.29, 1.82) is 0 Å². The first-order valence-electron chi connectivity index (χ1n) is 10.9. The number of aromatic nitrogens is 4. The van der Waals surface area contributed by atoms with Crippen LogP contribution in [0.4, 0.5) is 0 Å².